The first-order chi connectivity index (χ1) is 8.25. The maximum absolute atomic E-state index is 12.0. The molecule has 2 saturated carbocycles. The predicted molar refractivity (Wildman–Crippen MR) is 69.1 cm³/mol. The zero-order chi connectivity index (χ0) is 13.6. The van der Waals surface area contributed by atoms with E-state index in [-0.39, 0.29) is 23.1 Å². The van der Waals surface area contributed by atoms with E-state index in [1.165, 1.54) is 11.4 Å². The Hall–Kier alpha value is -0.180. The highest BCUT2D eigenvalue weighted by atomic mass is 32.2. The average Bonchev–Trinajstić information content (AvgIpc) is 3.16. The summed E-state index contributed by atoms with van der Waals surface area (Å²) in [5, 5.41) is -0.528. The topological polar surface area (TPSA) is 83.6 Å². The minimum Gasteiger partial charge on any atom is -0.213 e. The van der Waals surface area contributed by atoms with Crippen LogP contribution in [0.15, 0.2) is 0 Å². The molecule has 0 aromatic heterocycles. The van der Waals surface area contributed by atoms with E-state index in [9.17, 15) is 16.8 Å². The second kappa shape index (κ2) is 4.73. The average molecular weight is 296 g/mol. The van der Waals surface area contributed by atoms with Crippen molar-refractivity contribution in [2.24, 2.45) is 0 Å². The number of nitrogens with zero attached hydrogens (tertiary/aromatic N) is 1. The van der Waals surface area contributed by atoms with E-state index >= 15 is 0 Å². The largest absolute Gasteiger partial charge is 0.217 e. The number of hydrogen-bond donors (Lipinski definition) is 1. The van der Waals surface area contributed by atoms with E-state index in [4.69, 9.17) is 0 Å². The van der Waals surface area contributed by atoms with Crippen molar-refractivity contribution in [3.63, 3.8) is 0 Å². The molecule has 2 aliphatic carbocycles. The fraction of sp³-hybridized carbons (Fsp3) is 1.00. The first-order valence-corrected chi connectivity index (χ1v) is 9.25. The van der Waals surface area contributed by atoms with Crippen LogP contribution in [0.25, 0.3) is 0 Å². The third kappa shape index (κ3) is 3.04. The summed E-state index contributed by atoms with van der Waals surface area (Å²) < 4.78 is 51.0. The lowest BCUT2D eigenvalue weighted by Gasteiger charge is -2.24. The van der Waals surface area contributed by atoms with Crippen LogP contribution in [0.3, 0.4) is 0 Å². The molecule has 0 spiro atoms. The van der Waals surface area contributed by atoms with Crippen molar-refractivity contribution in [2.75, 3.05) is 13.6 Å². The van der Waals surface area contributed by atoms with Gasteiger partial charge in [0.25, 0.3) is 0 Å². The molecule has 0 unspecified atom stereocenters. The number of hydrogen-bond acceptors (Lipinski definition) is 4. The van der Waals surface area contributed by atoms with Gasteiger partial charge >= 0.3 is 0 Å². The number of rotatable bonds is 7. The first-order valence-electron chi connectivity index (χ1n) is 6.20. The van der Waals surface area contributed by atoms with E-state index in [1.54, 1.807) is 6.92 Å². The molecule has 8 heteroatoms. The van der Waals surface area contributed by atoms with E-state index < -0.39 is 20.0 Å². The molecule has 0 aromatic carbocycles. The minimum atomic E-state index is -3.24. The zero-order valence-corrected chi connectivity index (χ0v) is 12.3. The second-order valence-electron chi connectivity index (χ2n) is 5.20. The Kier molecular flexibility index (Phi) is 3.74. The summed E-state index contributed by atoms with van der Waals surface area (Å²) >= 11 is 0. The quantitative estimate of drug-likeness (QED) is 0.710. The van der Waals surface area contributed by atoms with Crippen LogP contribution in [0.1, 0.15) is 32.6 Å². The molecular weight excluding hydrogens is 276 g/mol. The highest BCUT2D eigenvalue weighted by Gasteiger charge is 2.41. The van der Waals surface area contributed by atoms with Gasteiger partial charge in [0.1, 0.15) is 0 Å². The van der Waals surface area contributed by atoms with E-state index in [0.29, 0.717) is 25.7 Å². The van der Waals surface area contributed by atoms with Crippen LogP contribution in [0.5, 0.6) is 0 Å². The van der Waals surface area contributed by atoms with Crippen LogP contribution in [0.4, 0.5) is 0 Å². The fourth-order valence-corrected chi connectivity index (χ4v) is 4.96. The molecule has 2 rings (SSSR count). The minimum absolute atomic E-state index is 0.140. The summed E-state index contributed by atoms with van der Waals surface area (Å²) in [6.45, 7) is 1.86. The van der Waals surface area contributed by atoms with Crippen molar-refractivity contribution in [3.05, 3.63) is 0 Å². The van der Waals surface area contributed by atoms with E-state index in [2.05, 4.69) is 4.72 Å². The van der Waals surface area contributed by atoms with Crippen LogP contribution < -0.4 is 4.72 Å². The lowest BCUT2D eigenvalue weighted by Crippen LogP contribution is -2.44. The Morgan fingerprint density at radius 2 is 1.61 bits per heavy atom. The molecule has 0 saturated heterocycles. The van der Waals surface area contributed by atoms with Crippen molar-refractivity contribution in [1.29, 1.82) is 0 Å². The van der Waals surface area contributed by atoms with Crippen molar-refractivity contribution in [2.45, 2.75) is 49.1 Å². The van der Waals surface area contributed by atoms with Crippen molar-refractivity contribution in [1.82, 2.24) is 9.03 Å². The third-order valence-corrected chi connectivity index (χ3v) is 7.91. The van der Waals surface area contributed by atoms with Gasteiger partial charge in [0.15, 0.2) is 0 Å². The van der Waals surface area contributed by atoms with Crippen LogP contribution in [-0.4, -0.2) is 51.3 Å². The van der Waals surface area contributed by atoms with Crippen LogP contribution in [-0.2, 0) is 20.0 Å². The van der Waals surface area contributed by atoms with Gasteiger partial charge in [-0.2, -0.15) is 0 Å². The van der Waals surface area contributed by atoms with Crippen LogP contribution in [0.2, 0.25) is 0 Å². The molecule has 1 N–H and O–H groups in total. The number of likely N-dealkylation sites (N-methyl/N-ethyl adjacent to an activating group) is 1. The van der Waals surface area contributed by atoms with Gasteiger partial charge in [0.2, 0.25) is 20.0 Å². The molecule has 0 aliphatic heterocycles. The van der Waals surface area contributed by atoms with E-state index in [1.807, 2.05) is 0 Å². The molecule has 1 atom stereocenters. The summed E-state index contributed by atoms with van der Waals surface area (Å²) in [6.07, 6.45) is 2.85. The molecule has 2 aliphatic rings. The van der Waals surface area contributed by atoms with Gasteiger partial charge in [-0.25, -0.2) is 25.9 Å². The molecule has 0 bridgehead atoms. The Morgan fingerprint density at radius 3 is 2.06 bits per heavy atom. The molecule has 0 amide bonds. The Labute approximate surface area is 109 Å². The Bertz CT molecular complexity index is 506. The standard InChI is InChI=1S/C10H20N2O4S2/c1-8(7-11-17(13,14)9-3-4-9)12(2)18(15,16)10-5-6-10/h8-11H,3-7H2,1-2H3/t8-/m1/s1. The van der Waals surface area contributed by atoms with Crippen molar-refractivity contribution < 1.29 is 16.8 Å². The molecule has 0 radical (unpaired) electrons. The van der Waals surface area contributed by atoms with Gasteiger partial charge in [-0.3, -0.25) is 0 Å². The molecule has 2 fully saturated rings. The van der Waals surface area contributed by atoms with Crippen LogP contribution in [0, 0.1) is 0 Å². The lowest BCUT2D eigenvalue weighted by atomic mass is 10.4. The molecule has 0 aromatic rings. The molecule has 106 valence electrons. The molecule has 0 heterocycles. The van der Waals surface area contributed by atoms with Gasteiger partial charge in [0, 0.05) is 19.6 Å². The van der Waals surface area contributed by atoms with Crippen molar-refractivity contribution in [3.8, 4) is 0 Å². The van der Waals surface area contributed by atoms with Gasteiger partial charge in [0.05, 0.1) is 10.5 Å². The SMILES string of the molecule is C[C@H](CNS(=O)(=O)C1CC1)N(C)S(=O)(=O)C1CC1. The number of nitrogens with one attached hydrogen (secondary N) is 1. The molecule has 18 heavy (non-hydrogen) atoms. The zero-order valence-electron chi connectivity index (χ0n) is 10.7. The summed E-state index contributed by atoms with van der Waals surface area (Å²) in [5.74, 6) is 0. The van der Waals surface area contributed by atoms with Crippen molar-refractivity contribution >= 4 is 20.0 Å². The predicted octanol–water partition coefficient (Wildman–Crippen LogP) is -0.119. The summed E-state index contributed by atoms with van der Waals surface area (Å²) in [6, 6.07) is -0.357. The first kappa shape index (κ1) is 14.2. The van der Waals surface area contributed by atoms with E-state index in [0.717, 1.165) is 0 Å². The van der Waals surface area contributed by atoms with Gasteiger partial charge in [-0.15, -0.1) is 0 Å². The normalized spacial score (nSPS) is 23.3. The van der Waals surface area contributed by atoms with Gasteiger partial charge in [-0.05, 0) is 32.6 Å². The fourth-order valence-electron chi connectivity index (χ4n) is 1.71. The molecule has 6 nitrogen and oxygen atoms in total. The number of sulfonamides is 2. The summed E-state index contributed by atoms with van der Waals surface area (Å²) in [4.78, 5) is 0. The monoisotopic (exact) mass is 296 g/mol. The molecular formula is C10H20N2O4S2. The third-order valence-electron chi connectivity index (χ3n) is 3.51. The maximum atomic E-state index is 12.0. The second-order valence-corrected chi connectivity index (χ2v) is 9.52. The highest BCUT2D eigenvalue weighted by molar-refractivity contribution is 7.90. The van der Waals surface area contributed by atoms with Gasteiger partial charge < -0.3 is 0 Å². The smallest absolute Gasteiger partial charge is 0.213 e. The summed E-state index contributed by atoms with van der Waals surface area (Å²) in [7, 11) is -4.96. The lowest BCUT2D eigenvalue weighted by molar-refractivity contribution is 0.385. The van der Waals surface area contributed by atoms with Crippen LogP contribution >= 0.6 is 0 Å². The van der Waals surface area contributed by atoms with Gasteiger partial charge in [-0.1, -0.05) is 0 Å². The Morgan fingerprint density at radius 1 is 1.11 bits per heavy atom. The summed E-state index contributed by atoms with van der Waals surface area (Å²) in [5.41, 5.74) is 0. The Balaban J connectivity index is 1.89. The highest BCUT2D eigenvalue weighted by Crippen LogP contribution is 2.31. The maximum Gasteiger partial charge on any atom is 0.217 e.